The Morgan fingerprint density at radius 2 is 2.20 bits per heavy atom. The quantitative estimate of drug-likeness (QED) is 0.746. The fraction of sp³-hybridized carbons (Fsp3) is 0.500. The lowest BCUT2D eigenvalue weighted by atomic mass is 10.2. The Hall–Kier alpha value is -0.0200. The number of thioether (sulfide) groups is 1. The minimum absolute atomic E-state index is 0.170. The number of hydrogen-bond acceptors (Lipinski definition) is 1. The normalized spacial score (nSPS) is 12.8. The van der Waals surface area contributed by atoms with Crippen LogP contribution in [0.3, 0.4) is 0 Å². The van der Waals surface area contributed by atoms with E-state index in [9.17, 15) is 4.39 Å². The molecule has 0 nitrogen and oxygen atoms in total. The molecule has 0 heterocycles. The zero-order valence-corrected chi connectivity index (χ0v) is 11.5. The molecule has 0 saturated carbocycles. The minimum Gasteiger partial charge on any atom is -0.206 e. The topological polar surface area (TPSA) is 0 Å². The summed E-state index contributed by atoms with van der Waals surface area (Å²) in [6, 6.07) is 5.21. The molecule has 0 aliphatic rings. The van der Waals surface area contributed by atoms with Crippen LogP contribution in [0.5, 0.6) is 0 Å². The molecule has 0 radical (unpaired) electrons. The number of benzene rings is 1. The third-order valence-corrected chi connectivity index (χ3v) is 4.60. The highest BCUT2D eigenvalue weighted by Crippen LogP contribution is 2.25. The lowest BCUT2D eigenvalue weighted by Gasteiger charge is -2.08. The van der Waals surface area contributed by atoms with Crippen molar-refractivity contribution in [1.82, 2.24) is 0 Å². The van der Waals surface area contributed by atoms with Crippen LogP contribution in [-0.2, 0) is 5.75 Å². The second-order valence-corrected chi connectivity index (χ2v) is 5.56. The summed E-state index contributed by atoms with van der Waals surface area (Å²) in [6.45, 7) is 4.44. The molecule has 0 N–H and O–H groups in total. The summed E-state index contributed by atoms with van der Waals surface area (Å²) in [5.41, 5.74) is 1.04. The predicted octanol–water partition coefficient (Wildman–Crippen LogP) is 4.87. The van der Waals surface area contributed by atoms with E-state index in [1.54, 1.807) is 6.07 Å². The Morgan fingerprint density at radius 1 is 1.47 bits per heavy atom. The van der Waals surface area contributed by atoms with Gasteiger partial charge >= 0.3 is 0 Å². The van der Waals surface area contributed by atoms with Crippen molar-refractivity contribution >= 4 is 27.7 Å². The van der Waals surface area contributed by atoms with Crippen molar-refractivity contribution in [3.05, 3.63) is 34.1 Å². The van der Waals surface area contributed by atoms with Crippen LogP contribution in [0.4, 0.5) is 4.39 Å². The molecular weight excluding hydrogens is 275 g/mol. The van der Waals surface area contributed by atoms with Gasteiger partial charge in [-0.3, -0.25) is 0 Å². The van der Waals surface area contributed by atoms with Gasteiger partial charge in [-0.25, -0.2) is 4.39 Å². The molecule has 1 rings (SSSR count). The van der Waals surface area contributed by atoms with E-state index >= 15 is 0 Å². The maximum absolute atomic E-state index is 13.2. The van der Waals surface area contributed by atoms with Gasteiger partial charge < -0.3 is 0 Å². The van der Waals surface area contributed by atoms with E-state index in [1.807, 2.05) is 17.8 Å². The molecule has 1 aromatic carbocycles. The Kier molecular flexibility index (Phi) is 5.69. The molecule has 3 heteroatoms. The van der Waals surface area contributed by atoms with Crippen LogP contribution in [0.25, 0.3) is 0 Å². The Balaban J connectivity index is 2.47. The van der Waals surface area contributed by atoms with E-state index in [0.29, 0.717) is 4.47 Å². The van der Waals surface area contributed by atoms with Gasteiger partial charge in [0.25, 0.3) is 0 Å². The first-order valence-corrected chi connectivity index (χ1v) is 7.10. The van der Waals surface area contributed by atoms with Crippen LogP contribution in [0.15, 0.2) is 22.7 Å². The molecule has 0 fully saturated rings. The third-order valence-electron chi connectivity index (χ3n) is 2.39. The lowest BCUT2D eigenvalue weighted by molar-refractivity contribution is 0.619. The first-order chi connectivity index (χ1) is 7.15. The van der Waals surface area contributed by atoms with Crippen LogP contribution >= 0.6 is 27.7 Å². The molecule has 0 amide bonds. The van der Waals surface area contributed by atoms with E-state index < -0.39 is 0 Å². The molecule has 84 valence electrons. The second-order valence-electron chi connectivity index (χ2n) is 3.74. The molecule has 0 aliphatic carbocycles. The maximum atomic E-state index is 13.2. The van der Waals surface area contributed by atoms with Gasteiger partial charge in [-0.1, -0.05) is 32.4 Å². The summed E-state index contributed by atoms with van der Waals surface area (Å²) in [4.78, 5) is 0. The highest BCUT2D eigenvalue weighted by molar-refractivity contribution is 9.10. The van der Waals surface area contributed by atoms with E-state index in [-0.39, 0.29) is 5.82 Å². The fourth-order valence-electron chi connectivity index (χ4n) is 1.15. The van der Waals surface area contributed by atoms with Gasteiger partial charge in [-0.2, -0.15) is 11.8 Å². The van der Waals surface area contributed by atoms with Gasteiger partial charge in [-0.15, -0.1) is 0 Å². The van der Waals surface area contributed by atoms with Gasteiger partial charge in [0.2, 0.25) is 0 Å². The van der Waals surface area contributed by atoms with Crippen LogP contribution in [-0.4, -0.2) is 5.75 Å². The maximum Gasteiger partial charge on any atom is 0.137 e. The average molecular weight is 291 g/mol. The molecule has 15 heavy (non-hydrogen) atoms. The second kappa shape index (κ2) is 6.54. The largest absolute Gasteiger partial charge is 0.206 e. The summed E-state index contributed by atoms with van der Waals surface area (Å²) in [7, 11) is 0. The van der Waals surface area contributed by atoms with Crippen molar-refractivity contribution in [2.75, 3.05) is 5.75 Å². The summed E-state index contributed by atoms with van der Waals surface area (Å²) in [5.74, 6) is 2.58. The SMILES string of the molecule is CCC(C)CSCc1cccc(F)c1Br. The lowest BCUT2D eigenvalue weighted by Crippen LogP contribution is -1.96. The van der Waals surface area contributed by atoms with E-state index in [4.69, 9.17) is 0 Å². The number of rotatable bonds is 5. The summed E-state index contributed by atoms with van der Waals surface area (Å²) in [5, 5.41) is 0. The number of halogens is 2. The van der Waals surface area contributed by atoms with Crippen molar-refractivity contribution in [3.63, 3.8) is 0 Å². The van der Waals surface area contributed by atoms with Gasteiger partial charge in [-0.05, 0) is 39.2 Å². The van der Waals surface area contributed by atoms with Crippen molar-refractivity contribution < 1.29 is 4.39 Å². The average Bonchev–Trinajstić information content (AvgIpc) is 2.24. The molecule has 1 unspecified atom stereocenters. The van der Waals surface area contributed by atoms with Gasteiger partial charge in [0.15, 0.2) is 0 Å². The highest BCUT2D eigenvalue weighted by Gasteiger charge is 2.05. The zero-order chi connectivity index (χ0) is 11.3. The summed E-state index contributed by atoms with van der Waals surface area (Å²) >= 11 is 5.14. The number of hydrogen-bond donors (Lipinski definition) is 0. The molecule has 0 bridgehead atoms. The molecule has 0 aliphatic heterocycles. The van der Waals surface area contributed by atoms with E-state index in [1.165, 1.54) is 12.5 Å². The molecule has 0 saturated heterocycles. The van der Waals surface area contributed by atoms with Gasteiger partial charge in [0.05, 0.1) is 4.47 Å². The van der Waals surface area contributed by atoms with Gasteiger partial charge in [0, 0.05) is 5.75 Å². The summed E-state index contributed by atoms with van der Waals surface area (Å²) < 4.78 is 13.8. The van der Waals surface area contributed by atoms with Crippen LogP contribution in [0.1, 0.15) is 25.8 Å². The highest BCUT2D eigenvalue weighted by atomic mass is 79.9. The molecule has 0 aromatic heterocycles. The van der Waals surface area contributed by atoms with E-state index in [0.717, 1.165) is 23.0 Å². The molecule has 0 spiro atoms. The summed E-state index contributed by atoms with van der Waals surface area (Å²) in [6.07, 6.45) is 1.21. The third kappa shape index (κ3) is 4.15. The first kappa shape index (κ1) is 13.0. The molecular formula is C12H16BrFS. The molecule has 1 atom stereocenters. The first-order valence-electron chi connectivity index (χ1n) is 5.15. The van der Waals surface area contributed by atoms with Crippen molar-refractivity contribution in [2.45, 2.75) is 26.0 Å². The Labute approximate surface area is 104 Å². The molecule has 1 aromatic rings. The van der Waals surface area contributed by atoms with Crippen LogP contribution < -0.4 is 0 Å². The minimum atomic E-state index is -0.170. The van der Waals surface area contributed by atoms with Crippen molar-refractivity contribution in [1.29, 1.82) is 0 Å². The van der Waals surface area contributed by atoms with Crippen molar-refractivity contribution in [2.24, 2.45) is 5.92 Å². The Bertz CT molecular complexity index is 314. The standard InChI is InChI=1S/C12H16BrFS/c1-3-9(2)7-15-8-10-5-4-6-11(14)12(10)13/h4-6,9H,3,7-8H2,1-2H3. The predicted molar refractivity (Wildman–Crippen MR) is 69.7 cm³/mol. The zero-order valence-electron chi connectivity index (χ0n) is 9.09. The van der Waals surface area contributed by atoms with Crippen LogP contribution in [0.2, 0.25) is 0 Å². The van der Waals surface area contributed by atoms with E-state index in [2.05, 4.69) is 29.8 Å². The Morgan fingerprint density at radius 3 is 2.87 bits per heavy atom. The smallest absolute Gasteiger partial charge is 0.137 e. The van der Waals surface area contributed by atoms with Gasteiger partial charge in [0.1, 0.15) is 5.82 Å². The monoisotopic (exact) mass is 290 g/mol. The van der Waals surface area contributed by atoms with Crippen molar-refractivity contribution in [3.8, 4) is 0 Å². The fourth-order valence-corrected chi connectivity index (χ4v) is 2.95. The van der Waals surface area contributed by atoms with Crippen LogP contribution in [0, 0.1) is 11.7 Å².